The van der Waals surface area contributed by atoms with Gasteiger partial charge in [-0.05, 0) is 12.5 Å². The Morgan fingerprint density at radius 3 is 2.67 bits per heavy atom. The van der Waals surface area contributed by atoms with Crippen LogP contribution in [0, 0.1) is 6.92 Å². The molecule has 2 rings (SSSR count). The lowest BCUT2D eigenvalue weighted by molar-refractivity contribution is 0.240. The van der Waals surface area contributed by atoms with Gasteiger partial charge in [0.2, 0.25) is 0 Å². The van der Waals surface area contributed by atoms with Crippen molar-refractivity contribution >= 4 is 6.40 Å². The molecule has 1 atom stereocenters. The van der Waals surface area contributed by atoms with E-state index in [1.165, 1.54) is 17.5 Å². The first-order valence-electron chi connectivity index (χ1n) is 4.06. The molecule has 2 nitrogen and oxygen atoms in total. The van der Waals surface area contributed by atoms with Crippen LogP contribution < -0.4 is 0 Å². The molecule has 0 amide bonds. The molecule has 12 heavy (non-hydrogen) atoms. The van der Waals surface area contributed by atoms with Crippen molar-refractivity contribution in [1.29, 1.82) is 0 Å². The Morgan fingerprint density at radius 1 is 1.33 bits per heavy atom. The number of hydrogen-bond acceptors (Lipinski definition) is 2. The zero-order valence-electron chi connectivity index (χ0n) is 7.03. The monoisotopic (exact) mass is 161 g/mol. The summed E-state index contributed by atoms with van der Waals surface area (Å²) < 4.78 is 5.29. The van der Waals surface area contributed by atoms with Gasteiger partial charge in [0.05, 0.1) is 6.54 Å². The molecule has 1 aromatic rings. The molecule has 1 heterocycles. The van der Waals surface area contributed by atoms with Gasteiger partial charge in [-0.15, -0.1) is 0 Å². The highest BCUT2D eigenvalue weighted by atomic mass is 16.5. The highest BCUT2D eigenvalue weighted by Gasteiger charge is 2.13. The molecule has 0 aliphatic carbocycles. The van der Waals surface area contributed by atoms with E-state index in [2.05, 4.69) is 36.2 Å². The van der Waals surface area contributed by atoms with E-state index in [1.54, 1.807) is 0 Å². The van der Waals surface area contributed by atoms with E-state index in [0.717, 1.165) is 6.54 Å². The molecule has 1 aromatic carbocycles. The number of aryl methyl sites for hydroxylation is 1. The number of hydrogen-bond donors (Lipinski definition) is 0. The summed E-state index contributed by atoms with van der Waals surface area (Å²) in [7, 11) is 0. The Bertz CT molecular complexity index is 281. The quantitative estimate of drug-likeness (QED) is 0.618. The van der Waals surface area contributed by atoms with Crippen molar-refractivity contribution in [3.8, 4) is 0 Å². The van der Waals surface area contributed by atoms with Gasteiger partial charge in [0.15, 0.2) is 6.40 Å². The fourth-order valence-corrected chi connectivity index (χ4v) is 1.26. The van der Waals surface area contributed by atoms with Crippen LogP contribution in [0.25, 0.3) is 0 Å². The largest absolute Gasteiger partial charge is 0.474 e. The SMILES string of the molecule is Cc1ccc(C2CN=CO2)cc1. The van der Waals surface area contributed by atoms with E-state index in [-0.39, 0.29) is 6.10 Å². The second-order valence-corrected chi connectivity index (χ2v) is 3.01. The van der Waals surface area contributed by atoms with Crippen molar-refractivity contribution in [3.05, 3.63) is 35.4 Å². The van der Waals surface area contributed by atoms with E-state index < -0.39 is 0 Å². The second-order valence-electron chi connectivity index (χ2n) is 3.01. The molecule has 1 aliphatic heterocycles. The number of rotatable bonds is 1. The molecule has 0 bridgehead atoms. The fourth-order valence-electron chi connectivity index (χ4n) is 1.26. The lowest BCUT2D eigenvalue weighted by atomic mass is 10.1. The number of benzene rings is 1. The number of nitrogens with zero attached hydrogens (tertiary/aromatic N) is 1. The Morgan fingerprint density at radius 2 is 2.08 bits per heavy atom. The lowest BCUT2D eigenvalue weighted by Gasteiger charge is -2.08. The second kappa shape index (κ2) is 2.97. The molecular weight excluding hydrogens is 150 g/mol. The van der Waals surface area contributed by atoms with Crippen LogP contribution in [-0.2, 0) is 4.74 Å². The average molecular weight is 161 g/mol. The van der Waals surface area contributed by atoms with Crippen LogP contribution in [0.2, 0.25) is 0 Å². The summed E-state index contributed by atoms with van der Waals surface area (Å²) in [6.07, 6.45) is 1.68. The first-order valence-corrected chi connectivity index (χ1v) is 4.06. The van der Waals surface area contributed by atoms with Crippen LogP contribution in [-0.4, -0.2) is 12.9 Å². The molecule has 0 saturated carbocycles. The van der Waals surface area contributed by atoms with Gasteiger partial charge in [-0.3, -0.25) is 4.99 Å². The lowest BCUT2D eigenvalue weighted by Crippen LogP contribution is -1.99. The summed E-state index contributed by atoms with van der Waals surface area (Å²) in [4.78, 5) is 4.02. The van der Waals surface area contributed by atoms with Crippen LogP contribution >= 0.6 is 0 Å². The Hall–Kier alpha value is -1.31. The van der Waals surface area contributed by atoms with Crippen LogP contribution in [0.5, 0.6) is 0 Å². The molecule has 0 N–H and O–H groups in total. The Kier molecular flexibility index (Phi) is 1.82. The fraction of sp³-hybridized carbons (Fsp3) is 0.300. The first-order chi connectivity index (χ1) is 5.86. The summed E-state index contributed by atoms with van der Waals surface area (Å²) in [6.45, 7) is 2.83. The summed E-state index contributed by atoms with van der Waals surface area (Å²) >= 11 is 0. The minimum absolute atomic E-state index is 0.144. The third-order valence-corrected chi connectivity index (χ3v) is 2.02. The van der Waals surface area contributed by atoms with E-state index >= 15 is 0 Å². The van der Waals surface area contributed by atoms with Crippen molar-refractivity contribution in [3.63, 3.8) is 0 Å². The van der Waals surface area contributed by atoms with E-state index in [9.17, 15) is 0 Å². The molecule has 0 fully saturated rings. The van der Waals surface area contributed by atoms with Gasteiger partial charge in [0.1, 0.15) is 6.10 Å². The predicted octanol–water partition coefficient (Wildman–Crippen LogP) is 2.09. The standard InChI is InChI=1S/C10H11NO/c1-8-2-4-9(5-3-8)10-6-11-7-12-10/h2-5,7,10H,6H2,1H3. The summed E-state index contributed by atoms with van der Waals surface area (Å²) in [5.41, 5.74) is 2.48. The normalized spacial score (nSPS) is 20.9. The summed E-state index contributed by atoms with van der Waals surface area (Å²) in [5.74, 6) is 0. The van der Waals surface area contributed by atoms with Gasteiger partial charge < -0.3 is 4.74 Å². The van der Waals surface area contributed by atoms with Gasteiger partial charge in [-0.2, -0.15) is 0 Å². The first kappa shape index (κ1) is 7.35. The van der Waals surface area contributed by atoms with Crippen LogP contribution in [0.3, 0.4) is 0 Å². The summed E-state index contributed by atoms with van der Waals surface area (Å²) in [5, 5.41) is 0. The third-order valence-electron chi connectivity index (χ3n) is 2.02. The third kappa shape index (κ3) is 1.33. The topological polar surface area (TPSA) is 21.6 Å². The van der Waals surface area contributed by atoms with E-state index in [0.29, 0.717) is 0 Å². The maximum atomic E-state index is 5.29. The number of ether oxygens (including phenoxy) is 1. The van der Waals surface area contributed by atoms with Gasteiger partial charge in [0.25, 0.3) is 0 Å². The van der Waals surface area contributed by atoms with Gasteiger partial charge in [-0.25, -0.2) is 0 Å². The molecule has 0 aromatic heterocycles. The van der Waals surface area contributed by atoms with Crippen molar-refractivity contribution in [1.82, 2.24) is 0 Å². The molecule has 62 valence electrons. The van der Waals surface area contributed by atoms with Gasteiger partial charge in [0, 0.05) is 0 Å². The van der Waals surface area contributed by atoms with Gasteiger partial charge >= 0.3 is 0 Å². The highest BCUT2D eigenvalue weighted by Crippen LogP contribution is 2.20. The Labute approximate surface area is 71.9 Å². The van der Waals surface area contributed by atoms with E-state index in [4.69, 9.17) is 4.74 Å². The molecule has 1 unspecified atom stereocenters. The van der Waals surface area contributed by atoms with E-state index in [1.807, 2.05) is 0 Å². The minimum Gasteiger partial charge on any atom is -0.474 e. The van der Waals surface area contributed by atoms with Crippen LogP contribution in [0.15, 0.2) is 29.3 Å². The average Bonchev–Trinajstić information content (AvgIpc) is 2.58. The molecule has 1 aliphatic rings. The molecular formula is C10H11NO. The molecule has 0 radical (unpaired) electrons. The Balaban J connectivity index is 2.18. The highest BCUT2D eigenvalue weighted by molar-refractivity contribution is 5.50. The van der Waals surface area contributed by atoms with Crippen molar-refractivity contribution in [2.45, 2.75) is 13.0 Å². The molecule has 2 heteroatoms. The zero-order chi connectivity index (χ0) is 8.39. The smallest absolute Gasteiger partial charge is 0.170 e. The van der Waals surface area contributed by atoms with Crippen LogP contribution in [0.4, 0.5) is 0 Å². The van der Waals surface area contributed by atoms with Crippen molar-refractivity contribution < 1.29 is 4.74 Å². The zero-order valence-corrected chi connectivity index (χ0v) is 7.03. The van der Waals surface area contributed by atoms with Crippen LogP contribution in [0.1, 0.15) is 17.2 Å². The molecule has 0 saturated heterocycles. The van der Waals surface area contributed by atoms with Crippen molar-refractivity contribution in [2.24, 2.45) is 4.99 Å². The maximum Gasteiger partial charge on any atom is 0.170 e. The number of aliphatic imine (C=N–C) groups is 1. The maximum absolute atomic E-state index is 5.29. The van der Waals surface area contributed by atoms with Crippen molar-refractivity contribution in [2.75, 3.05) is 6.54 Å². The minimum atomic E-state index is 0.144. The molecule has 0 spiro atoms. The predicted molar refractivity (Wildman–Crippen MR) is 48.4 cm³/mol. The summed E-state index contributed by atoms with van der Waals surface area (Å²) in [6, 6.07) is 8.37. The van der Waals surface area contributed by atoms with Gasteiger partial charge in [-0.1, -0.05) is 29.8 Å².